The van der Waals surface area contributed by atoms with E-state index in [0.29, 0.717) is 0 Å². The van der Waals surface area contributed by atoms with Crippen LogP contribution in [0.2, 0.25) is 0 Å². The van der Waals surface area contributed by atoms with Crippen molar-refractivity contribution in [2.24, 2.45) is 0 Å². The molecular weight excluding hydrogens is 204 g/mol. The Kier molecular flexibility index (Phi) is 3.54. The largest absolute Gasteiger partial charge is 2.00 e. The molecule has 0 unspecified atom stereocenters. The van der Waals surface area contributed by atoms with Crippen molar-refractivity contribution in [3.05, 3.63) is 48.5 Å². The first-order valence-electron chi connectivity index (χ1n) is 3.65. The topological polar surface area (TPSA) is 0 Å². The van der Waals surface area contributed by atoms with Crippen molar-refractivity contribution in [3.8, 4) is 0 Å². The van der Waals surface area contributed by atoms with E-state index in [2.05, 4.69) is 48.5 Å². The molecule has 0 nitrogen and oxygen atoms in total. The second-order valence-electron chi connectivity index (χ2n) is 2.47. The fourth-order valence-corrected chi connectivity index (χ4v) is 2.13. The predicted octanol–water partition coefficient (Wildman–Crippen LogP) is 0.777. The molecule has 0 aliphatic heterocycles. The van der Waals surface area contributed by atoms with Gasteiger partial charge < -0.3 is 0 Å². The minimum absolute atomic E-state index is 0. The van der Waals surface area contributed by atoms with Crippen molar-refractivity contribution in [2.45, 2.75) is 0 Å². The zero-order valence-corrected chi connectivity index (χ0v) is 8.58. The van der Waals surface area contributed by atoms with Crippen LogP contribution in [0.4, 0.5) is 0 Å². The molecule has 0 aliphatic rings. The molecule has 2 heteroatoms. The third-order valence-corrected chi connectivity index (χ3v) is 2.86. The minimum Gasteiger partial charge on any atom is -0.214 e. The summed E-state index contributed by atoms with van der Waals surface area (Å²) in [5.41, 5.74) is 0. The summed E-state index contributed by atoms with van der Waals surface area (Å²) in [5.74, 6) is 0. The molecule has 2 aromatic carbocycles. The molecule has 12 heavy (non-hydrogen) atoms. The molecule has 0 spiro atoms. The van der Waals surface area contributed by atoms with Crippen LogP contribution in [0, 0.1) is 0 Å². The van der Waals surface area contributed by atoms with E-state index >= 15 is 0 Å². The molecule has 0 fully saturated rings. The van der Waals surface area contributed by atoms with E-state index in [9.17, 15) is 0 Å². The van der Waals surface area contributed by atoms with Gasteiger partial charge in [-0.15, -0.1) is 0 Å². The van der Waals surface area contributed by atoms with Crippen LogP contribution in [0.1, 0.15) is 0 Å². The molecule has 0 saturated heterocycles. The maximum absolute atomic E-state index is 2.17. The van der Waals surface area contributed by atoms with Gasteiger partial charge in [0.15, 0.2) is 0 Å². The SMILES string of the molecule is [Fe+2].c1c[cH-]c([Si]c2ccc[cH-]2)c1. The van der Waals surface area contributed by atoms with Crippen molar-refractivity contribution in [1.29, 1.82) is 0 Å². The van der Waals surface area contributed by atoms with Gasteiger partial charge in [-0.05, 0) is 0 Å². The Morgan fingerprint density at radius 1 is 0.917 bits per heavy atom. The average Bonchev–Trinajstić information content (AvgIpc) is 2.60. The fraction of sp³-hybridized carbons (Fsp3) is 0. The monoisotopic (exact) mass is 212 g/mol. The molecule has 0 atom stereocenters. The second-order valence-corrected chi connectivity index (χ2v) is 3.88. The van der Waals surface area contributed by atoms with Gasteiger partial charge >= 0.3 is 17.1 Å². The smallest absolute Gasteiger partial charge is 0.214 e. The summed E-state index contributed by atoms with van der Waals surface area (Å²) < 4.78 is 0. The third kappa shape index (κ3) is 2.21. The molecule has 2 radical (unpaired) electrons. The minimum atomic E-state index is 0. The second kappa shape index (κ2) is 4.46. The van der Waals surface area contributed by atoms with Crippen molar-refractivity contribution in [2.75, 3.05) is 0 Å². The van der Waals surface area contributed by atoms with Gasteiger partial charge in [-0.2, -0.15) is 34.6 Å². The summed E-state index contributed by atoms with van der Waals surface area (Å²) in [5, 5.41) is 2.85. The normalized spacial score (nSPS) is 9.33. The van der Waals surface area contributed by atoms with Crippen molar-refractivity contribution in [3.63, 3.8) is 0 Å². The summed E-state index contributed by atoms with van der Waals surface area (Å²) in [6.07, 6.45) is 0. The Balaban J connectivity index is 0.000000720. The first kappa shape index (κ1) is 9.52. The molecular formula is C10H8FeSi. The van der Waals surface area contributed by atoms with E-state index in [1.807, 2.05) is 0 Å². The Labute approximate surface area is 85.6 Å². The van der Waals surface area contributed by atoms with Crippen LogP contribution >= 0.6 is 0 Å². The van der Waals surface area contributed by atoms with Gasteiger partial charge in [0.2, 0.25) is 0 Å². The van der Waals surface area contributed by atoms with Crippen LogP contribution < -0.4 is 10.4 Å². The van der Waals surface area contributed by atoms with Gasteiger partial charge in [-0.25, -0.2) is 24.3 Å². The predicted molar refractivity (Wildman–Crippen MR) is 49.1 cm³/mol. The molecule has 2 aromatic rings. The fourth-order valence-electron chi connectivity index (χ4n) is 1.08. The molecule has 2 rings (SSSR count). The van der Waals surface area contributed by atoms with E-state index in [0.717, 1.165) is 9.52 Å². The van der Waals surface area contributed by atoms with Crippen LogP contribution in [0.5, 0.6) is 0 Å². The number of rotatable bonds is 2. The van der Waals surface area contributed by atoms with Gasteiger partial charge in [0, 0.05) is 0 Å². The summed E-state index contributed by atoms with van der Waals surface area (Å²) >= 11 is 0. The number of hydrogen-bond acceptors (Lipinski definition) is 0. The zero-order chi connectivity index (χ0) is 7.52. The van der Waals surface area contributed by atoms with Crippen molar-refractivity contribution in [1.82, 2.24) is 0 Å². The molecule has 0 bridgehead atoms. The summed E-state index contributed by atoms with van der Waals surface area (Å²) in [4.78, 5) is 0. The van der Waals surface area contributed by atoms with E-state index in [-0.39, 0.29) is 17.1 Å². The molecule has 0 saturated carbocycles. The Hall–Kier alpha value is -0.564. The molecule has 0 heterocycles. The first-order valence-corrected chi connectivity index (χ1v) is 4.65. The van der Waals surface area contributed by atoms with E-state index in [4.69, 9.17) is 0 Å². The van der Waals surface area contributed by atoms with Gasteiger partial charge in [0.05, 0.1) is 9.52 Å². The van der Waals surface area contributed by atoms with Gasteiger partial charge in [-0.1, -0.05) is 0 Å². The summed E-state index contributed by atoms with van der Waals surface area (Å²) in [6, 6.07) is 17.0. The summed E-state index contributed by atoms with van der Waals surface area (Å²) in [7, 11) is 0.826. The van der Waals surface area contributed by atoms with E-state index in [1.54, 1.807) is 0 Å². The Morgan fingerprint density at radius 2 is 1.42 bits per heavy atom. The third-order valence-electron chi connectivity index (χ3n) is 1.61. The van der Waals surface area contributed by atoms with Gasteiger partial charge in [0.1, 0.15) is 0 Å². The van der Waals surface area contributed by atoms with Crippen molar-refractivity contribution < 1.29 is 17.1 Å². The molecule has 0 amide bonds. The van der Waals surface area contributed by atoms with Crippen LogP contribution in [0.3, 0.4) is 0 Å². The van der Waals surface area contributed by atoms with Crippen LogP contribution in [-0.4, -0.2) is 9.52 Å². The van der Waals surface area contributed by atoms with Crippen LogP contribution in [0.25, 0.3) is 0 Å². The Bertz CT molecular complexity index is 262. The quantitative estimate of drug-likeness (QED) is 0.509. The number of hydrogen-bond donors (Lipinski definition) is 0. The van der Waals surface area contributed by atoms with Crippen LogP contribution in [-0.2, 0) is 17.1 Å². The first-order chi connectivity index (χ1) is 5.45. The maximum Gasteiger partial charge on any atom is 2.00 e. The van der Waals surface area contributed by atoms with E-state index < -0.39 is 0 Å². The molecule has 0 aromatic heterocycles. The molecule has 0 N–H and O–H groups in total. The molecule has 60 valence electrons. The van der Waals surface area contributed by atoms with E-state index in [1.165, 1.54) is 10.4 Å². The average molecular weight is 212 g/mol. The van der Waals surface area contributed by atoms with Crippen LogP contribution in [0.15, 0.2) is 48.5 Å². The maximum atomic E-state index is 2.17. The van der Waals surface area contributed by atoms with Gasteiger partial charge in [0.25, 0.3) is 0 Å². The molecule has 0 aliphatic carbocycles. The van der Waals surface area contributed by atoms with Crippen molar-refractivity contribution >= 4 is 19.9 Å². The van der Waals surface area contributed by atoms with Gasteiger partial charge in [-0.3, -0.25) is 0 Å². The standard InChI is InChI=1S/C10H8Si.Fe/c1-2-6-9(5-1)11-10-7-3-4-8-10;/h1-8H;/q-2;+2. The Morgan fingerprint density at radius 3 is 1.75 bits per heavy atom. The zero-order valence-electron chi connectivity index (χ0n) is 6.47. The summed E-state index contributed by atoms with van der Waals surface area (Å²) in [6.45, 7) is 0.